The Hall–Kier alpha value is -2.33. The van der Waals surface area contributed by atoms with E-state index in [0.29, 0.717) is 19.5 Å². The highest BCUT2D eigenvalue weighted by atomic mass is 16.5. The minimum atomic E-state index is 0.142. The molecule has 1 amide bonds. The molecule has 1 saturated heterocycles. The third-order valence-corrected chi connectivity index (χ3v) is 4.01. The smallest absolute Gasteiger partial charge is 0.227 e. The van der Waals surface area contributed by atoms with Gasteiger partial charge >= 0.3 is 0 Å². The van der Waals surface area contributed by atoms with Gasteiger partial charge in [0.1, 0.15) is 11.5 Å². The van der Waals surface area contributed by atoms with Crippen molar-refractivity contribution in [3.05, 3.63) is 54.1 Å². The Bertz CT molecular complexity index is 667. The molecule has 1 unspecified atom stereocenters. The molecule has 1 heterocycles. The van der Waals surface area contributed by atoms with Crippen LogP contribution in [0.3, 0.4) is 0 Å². The van der Waals surface area contributed by atoms with E-state index in [1.165, 1.54) is 0 Å². The molecule has 1 aliphatic heterocycles. The van der Waals surface area contributed by atoms with Crippen molar-refractivity contribution in [1.82, 2.24) is 0 Å². The summed E-state index contributed by atoms with van der Waals surface area (Å²) in [6.45, 7) is 3.27. The lowest BCUT2D eigenvalue weighted by Crippen LogP contribution is -2.25. The predicted octanol–water partition coefficient (Wildman–Crippen LogP) is 3.10. The summed E-state index contributed by atoms with van der Waals surface area (Å²) >= 11 is 0. The lowest BCUT2D eigenvalue weighted by Gasteiger charge is -2.17. The van der Waals surface area contributed by atoms with E-state index in [-0.39, 0.29) is 11.8 Å². The van der Waals surface area contributed by atoms with Gasteiger partial charge in [-0.3, -0.25) is 4.79 Å². The zero-order chi connectivity index (χ0) is 15.5. The van der Waals surface area contributed by atoms with Crippen molar-refractivity contribution in [2.24, 2.45) is 11.7 Å². The van der Waals surface area contributed by atoms with Crippen molar-refractivity contribution in [3.8, 4) is 11.5 Å². The molecule has 114 valence electrons. The molecule has 0 aliphatic carbocycles. The Morgan fingerprint density at radius 2 is 1.91 bits per heavy atom. The van der Waals surface area contributed by atoms with E-state index in [1.807, 2.05) is 55.5 Å². The van der Waals surface area contributed by atoms with Gasteiger partial charge in [0.15, 0.2) is 0 Å². The molecule has 0 aromatic heterocycles. The van der Waals surface area contributed by atoms with Crippen molar-refractivity contribution in [2.75, 3.05) is 18.0 Å². The van der Waals surface area contributed by atoms with Crippen molar-refractivity contribution < 1.29 is 9.53 Å². The molecule has 4 nitrogen and oxygen atoms in total. The molecule has 0 radical (unpaired) electrons. The number of para-hydroxylation sites is 1. The molecule has 0 spiro atoms. The maximum absolute atomic E-state index is 12.0. The summed E-state index contributed by atoms with van der Waals surface area (Å²) in [4.78, 5) is 13.8. The molecule has 2 aromatic carbocycles. The number of amides is 1. The molecule has 4 heteroatoms. The van der Waals surface area contributed by atoms with Gasteiger partial charge in [0.05, 0.1) is 0 Å². The highest BCUT2D eigenvalue weighted by Gasteiger charge is 2.29. The number of benzene rings is 2. The normalized spacial score (nSPS) is 17.8. The van der Waals surface area contributed by atoms with Crippen LogP contribution in [0.2, 0.25) is 0 Å². The first-order valence-corrected chi connectivity index (χ1v) is 7.51. The fraction of sp³-hybridized carbons (Fsp3) is 0.278. The number of carbonyl (C=O) groups excluding carboxylic acids is 1. The van der Waals surface area contributed by atoms with Crippen molar-refractivity contribution in [1.29, 1.82) is 0 Å². The second-order valence-electron chi connectivity index (χ2n) is 5.67. The summed E-state index contributed by atoms with van der Waals surface area (Å²) in [6.07, 6.45) is 0.540. The summed E-state index contributed by atoms with van der Waals surface area (Å²) in [7, 11) is 0. The van der Waals surface area contributed by atoms with Crippen LogP contribution in [0, 0.1) is 12.8 Å². The van der Waals surface area contributed by atoms with E-state index >= 15 is 0 Å². The van der Waals surface area contributed by atoms with Crippen LogP contribution in [-0.2, 0) is 4.79 Å². The number of rotatable bonds is 4. The van der Waals surface area contributed by atoms with Crippen molar-refractivity contribution >= 4 is 11.6 Å². The number of aryl methyl sites for hydroxylation is 1. The largest absolute Gasteiger partial charge is 0.457 e. The lowest BCUT2D eigenvalue weighted by atomic mass is 10.1. The highest BCUT2D eigenvalue weighted by molar-refractivity contribution is 5.95. The van der Waals surface area contributed by atoms with Crippen molar-refractivity contribution in [2.45, 2.75) is 13.3 Å². The first-order chi connectivity index (χ1) is 10.7. The highest BCUT2D eigenvalue weighted by Crippen LogP contribution is 2.29. The number of ether oxygens (including phenoxy) is 1. The standard InChI is InChI=1S/C18H20N2O2/c1-13-4-2-3-5-17(13)22-16-8-6-15(7-9-16)20-12-14(11-19)10-18(20)21/h2-9,14H,10-12,19H2,1H3. The van der Waals surface area contributed by atoms with E-state index in [4.69, 9.17) is 10.5 Å². The quantitative estimate of drug-likeness (QED) is 0.943. The number of nitrogens with zero attached hydrogens (tertiary/aromatic N) is 1. The van der Waals surface area contributed by atoms with E-state index in [1.54, 1.807) is 4.90 Å². The van der Waals surface area contributed by atoms with Crippen LogP contribution in [0.5, 0.6) is 11.5 Å². The number of nitrogens with two attached hydrogens (primary N) is 1. The topological polar surface area (TPSA) is 55.6 Å². The van der Waals surface area contributed by atoms with E-state index in [0.717, 1.165) is 22.7 Å². The molecule has 1 atom stereocenters. The second kappa shape index (κ2) is 6.20. The first kappa shape index (κ1) is 14.6. The van der Waals surface area contributed by atoms with E-state index in [2.05, 4.69) is 0 Å². The number of hydrogen-bond acceptors (Lipinski definition) is 3. The van der Waals surface area contributed by atoms with Gasteiger partial charge in [0.2, 0.25) is 5.91 Å². The van der Waals surface area contributed by atoms with Crippen molar-refractivity contribution in [3.63, 3.8) is 0 Å². The van der Waals surface area contributed by atoms with Gasteiger partial charge < -0.3 is 15.4 Å². The summed E-state index contributed by atoms with van der Waals surface area (Å²) in [6, 6.07) is 15.5. The van der Waals surface area contributed by atoms with Gasteiger partial charge in [-0.1, -0.05) is 18.2 Å². The van der Waals surface area contributed by atoms with Gasteiger partial charge in [-0.05, 0) is 55.3 Å². The third-order valence-electron chi connectivity index (χ3n) is 4.01. The van der Waals surface area contributed by atoms with Crippen LogP contribution in [0.25, 0.3) is 0 Å². The average molecular weight is 296 g/mol. The van der Waals surface area contributed by atoms with E-state index < -0.39 is 0 Å². The molecule has 1 fully saturated rings. The summed E-state index contributed by atoms with van der Waals surface area (Å²) in [5, 5.41) is 0. The fourth-order valence-electron chi connectivity index (χ4n) is 2.68. The molecule has 2 N–H and O–H groups in total. The van der Waals surface area contributed by atoms with Crippen LogP contribution in [0.1, 0.15) is 12.0 Å². The molecule has 1 aliphatic rings. The Morgan fingerprint density at radius 3 is 2.55 bits per heavy atom. The molecule has 0 bridgehead atoms. The zero-order valence-electron chi connectivity index (χ0n) is 12.7. The maximum atomic E-state index is 12.0. The monoisotopic (exact) mass is 296 g/mol. The Morgan fingerprint density at radius 1 is 1.18 bits per heavy atom. The average Bonchev–Trinajstić information content (AvgIpc) is 2.91. The fourth-order valence-corrected chi connectivity index (χ4v) is 2.68. The molecular formula is C18H20N2O2. The third kappa shape index (κ3) is 2.97. The van der Waals surface area contributed by atoms with Crippen LogP contribution < -0.4 is 15.4 Å². The molecule has 0 saturated carbocycles. The molecule has 2 aromatic rings. The minimum Gasteiger partial charge on any atom is -0.457 e. The Labute approximate surface area is 130 Å². The Kier molecular flexibility index (Phi) is 4.11. The number of carbonyl (C=O) groups is 1. The van der Waals surface area contributed by atoms with Crippen LogP contribution >= 0.6 is 0 Å². The second-order valence-corrected chi connectivity index (χ2v) is 5.67. The minimum absolute atomic E-state index is 0.142. The summed E-state index contributed by atoms with van der Waals surface area (Å²) in [5.41, 5.74) is 7.65. The van der Waals surface area contributed by atoms with Gasteiger partial charge in [-0.2, -0.15) is 0 Å². The summed E-state index contributed by atoms with van der Waals surface area (Å²) < 4.78 is 5.87. The molecular weight excluding hydrogens is 276 g/mol. The predicted molar refractivity (Wildman–Crippen MR) is 87.2 cm³/mol. The first-order valence-electron chi connectivity index (χ1n) is 7.51. The lowest BCUT2D eigenvalue weighted by molar-refractivity contribution is -0.117. The summed E-state index contributed by atoms with van der Waals surface area (Å²) in [5.74, 6) is 2.01. The number of hydrogen-bond donors (Lipinski definition) is 1. The molecule has 3 rings (SSSR count). The van der Waals surface area contributed by atoms with Gasteiger partial charge in [0.25, 0.3) is 0 Å². The Balaban J connectivity index is 1.73. The zero-order valence-corrected chi connectivity index (χ0v) is 12.7. The van der Waals surface area contributed by atoms with Crippen LogP contribution in [0.15, 0.2) is 48.5 Å². The van der Waals surface area contributed by atoms with Crippen LogP contribution in [-0.4, -0.2) is 19.0 Å². The van der Waals surface area contributed by atoms with Gasteiger partial charge in [0, 0.05) is 18.7 Å². The SMILES string of the molecule is Cc1ccccc1Oc1ccc(N2CC(CN)CC2=O)cc1. The van der Waals surface area contributed by atoms with Gasteiger partial charge in [-0.15, -0.1) is 0 Å². The van der Waals surface area contributed by atoms with Gasteiger partial charge in [-0.25, -0.2) is 0 Å². The molecule has 22 heavy (non-hydrogen) atoms. The van der Waals surface area contributed by atoms with E-state index in [9.17, 15) is 4.79 Å². The van der Waals surface area contributed by atoms with Crippen LogP contribution in [0.4, 0.5) is 5.69 Å². The maximum Gasteiger partial charge on any atom is 0.227 e. The number of anilines is 1.